The van der Waals surface area contributed by atoms with Crippen molar-refractivity contribution in [3.8, 4) is 11.6 Å². The Morgan fingerprint density at radius 2 is 2.00 bits per heavy atom. The van der Waals surface area contributed by atoms with Gasteiger partial charge in [-0.2, -0.15) is 13.2 Å². The van der Waals surface area contributed by atoms with Gasteiger partial charge in [-0.1, -0.05) is 6.92 Å². The topological polar surface area (TPSA) is 63.8 Å². The molecule has 0 aliphatic carbocycles. The molecule has 2 aromatic heterocycles. The lowest BCUT2D eigenvalue weighted by atomic mass is 10.2. The molecule has 0 saturated carbocycles. The quantitative estimate of drug-likeness (QED) is 0.831. The fraction of sp³-hybridized carbons (Fsp3) is 0.462. The average molecular weight is 300 g/mol. The number of nitrogens with one attached hydrogen (secondary N) is 1. The normalized spacial score (nSPS) is 11.8. The van der Waals surface area contributed by atoms with Crippen molar-refractivity contribution in [3.05, 3.63) is 29.8 Å². The van der Waals surface area contributed by atoms with Crippen molar-refractivity contribution in [3.63, 3.8) is 0 Å². The molecular weight excluding hydrogens is 285 g/mol. The zero-order valence-corrected chi connectivity index (χ0v) is 11.4. The van der Waals surface area contributed by atoms with Gasteiger partial charge in [0.2, 0.25) is 5.89 Å². The smallest absolute Gasteiger partial charge is 0.417 e. The van der Waals surface area contributed by atoms with E-state index >= 15 is 0 Å². The van der Waals surface area contributed by atoms with Gasteiger partial charge < -0.3 is 9.73 Å². The number of nitrogens with zero attached hydrogens (tertiary/aromatic N) is 3. The molecule has 0 amide bonds. The molecular formula is C13H15F3N4O. The van der Waals surface area contributed by atoms with Crippen LogP contribution in [0.4, 0.5) is 13.2 Å². The van der Waals surface area contributed by atoms with Crippen LogP contribution in [0.2, 0.25) is 0 Å². The van der Waals surface area contributed by atoms with Crippen LogP contribution in [0.3, 0.4) is 0 Å². The van der Waals surface area contributed by atoms with Crippen LogP contribution >= 0.6 is 0 Å². The van der Waals surface area contributed by atoms with Crippen molar-refractivity contribution in [1.29, 1.82) is 0 Å². The van der Waals surface area contributed by atoms with E-state index in [1.54, 1.807) is 0 Å². The Morgan fingerprint density at radius 1 is 1.19 bits per heavy atom. The highest BCUT2D eigenvalue weighted by atomic mass is 19.4. The van der Waals surface area contributed by atoms with Crippen LogP contribution in [0.5, 0.6) is 0 Å². The number of hydrogen-bond acceptors (Lipinski definition) is 5. The molecule has 0 unspecified atom stereocenters. The highest BCUT2D eigenvalue weighted by Crippen LogP contribution is 2.29. The molecule has 2 heterocycles. The van der Waals surface area contributed by atoms with Crippen molar-refractivity contribution >= 4 is 0 Å². The summed E-state index contributed by atoms with van der Waals surface area (Å²) in [6.45, 7) is 3.67. The zero-order valence-electron chi connectivity index (χ0n) is 11.4. The lowest BCUT2D eigenvalue weighted by Crippen LogP contribution is -2.17. The predicted octanol–water partition coefficient (Wildman–Crippen LogP) is 2.69. The summed E-state index contributed by atoms with van der Waals surface area (Å²) in [7, 11) is 0. The monoisotopic (exact) mass is 300 g/mol. The van der Waals surface area contributed by atoms with E-state index in [-0.39, 0.29) is 11.6 Å². The third-order valence-corrected chi connectivity index (χ3v) is 2.72. The molecule has 2 rings (SSSR count). The molecule has 0 atom stereocenters. The third kappa shape index (κ3) is 4.25. The first kappa shape index (κ1) is 15.4. The van der Waals surface area contributed by atoms with Crippen LogP contribution < -0.4 is 5.32 Å². The first-order chi connectivity index (χ1) is 10.0. The summed E-state index contributed by atoms with van der Waals surface area (Å²) in [4.78, 5) is 3.71. The minimum atomic E-state index is -4.41. The van der Waals surface area contributed by atoms with E-state index in [2.05, 4.69) is 27.4 Å². The second-order valence-corrected chi connectivity index (χ2v) is 4.43. The Balaban J connectivity index is 2.00. The van der Waals surface area contributed by atoms with E-state index in [1.807, 2.05) is 0 Å². The molecule has 1 N–H and O–H groups in total. The van der Waals surface area contributed by atoms with Gasteiger partial charge in [-0.3, -0.25) is 4.98 Å². The zero-order chi connectivity index (χ0) is 15.3. The van der Waals surface area contributed by atoms with E-state index < -0.39 is 11.7 Å². The number of pyridine rings is 1. The molecule has 0 aliphatic heterocycles. The molecule has 8 heteroatoms. The summed E-state index contributed by atoms with van der Waals surface area (Å²) in [5.41, 5.74) is -0.585. The standard InChI is InChI=1S/C13H15F3N4O/c1-2-6-17-7-5-11-19-20-12(21-11)10-4-3-9(8-18-10)13(14,15)16/h3-4,8,17H,2,5-7H2,1H3. The SMILES string of the molecule is CCCNCCc1nnc(-c2ccc(C(F)(F)F)cn2)o1. The largest absolute Gasteiger partial charge is 0.419 e. The number of alkyl halides is 3. The molecule has 0 aliphatic rings. The summed E-state index contributed by atoms with van der Waals surface area (Å²) in [6.07, 6.45) is -2.06. The van der Waals surface area contributed by atoms with Gasteiger partial charge in [-0.25, -0.2) is 0 Å². The van der Waals surface area contributed by atoms with E-state index in [0.717, 1.165) is 25.2 Å². The number of halogens is 3. The molecule has 0 spiro atoms. The first-order valence-corrected chi connectivity index (χ1v) is 6.57. The molecule has 0 bridgehead atoms. The van der Waals surface area contributed by atoms with Crippen molar-refractivity contribution in [1.82, 2.24) is 20.5 Å². The maximum Gasteiger partial charge on any atom is 0.417 e. The van der Waals surface area contributed by atoms with Crippen LogP contribution in [0.1, 0.15) is 24.8 Å². The summed E-state index contributed by atoms with van der Waals surface area (Å²) in [5.74, 6) is 0.546. The maximum atomic E-state index is 12.4. The minimum absolute atomic E-state index is 0.120. The number of aromatic nitrogens is 3. The van der Waals surface area contributed by atoms with Crippen LogP contribution in [0.15, 0.2) is 22.7 Å². The van der Waals surface area contributed by atoms with Gasteiger partial charge in [0.05, 0.1) is 5.56 Å². The summed E-state index contributed by atoms with van der Waals surface area (Å²) in [5, 5.41) is 10.8. The second kappa shape index (κ2) is 6.66. The van der Waals surface area contributed by atoms with Crippen molar-refractivity contribution < 1.29 is 17.6 Å². The minimum Gasteiger partial charge on any atom is -0.419 e. The van der Waals surface area contributed by atoms with Gasteiger partial charge in [0, 0.05) is 19.2 Å². The average Bonchev–Trinajstić information content (AvgIpc) is 2.92. The number of rotatable bonds is 6. The fourth-order valence-corrected chi connectivity index (χ4v) is 1.64. The first-order valence-electron chi connectivity index (χ1n) is 6.57. The van der Waals surface area contributed by atoms with Crippen molar-refractivity contribution in [2.45, 2.75) is 25.9 Å². The Kier molecular flexibility index (Phi) is 4.89. The van der Waals surface area contributed by atoms with E-state index in [9.17, 15) is 13.2 Å². The second-order valence-electron chi connectivity index (χ2n) is 4.43. The molecule has 0 saturated heterocycles. The maximum absolute atomic E-state index is 12.4. The van der Waals surface area contributed by atoms with Gasteiger partial charge in [-0.15, -0.1) is 10.2 Å². The van der Waals surface area contributed by atoms with Crippen molar-refractivity contribution in [2.24, 2.45) is 0 Å². The van der Waals surface area contributed by atoms with Gasteiger partial charge in [0.25, 0.3) is 5.89 Å². The highest BCUT2D eigenvalue weighted by Gasteiger charge is 2.30. The Bertz CT molecular complexity index is 566. The Labute approximate surface area is 119 Å². The predicted molar refractivity (Wildman–Crippen MR) is 69.4 cm³/mol. The van der Waals surface area contributed by atoms with Gasteiger partial charge in [0.1, 0.15) is 5.69 Å². The molecule has 2 aromatic rings. The molecule has 21 heavy (non-hydrogen) atoms. The summed E-state index contributed by atoms with van der Waals surface area (Å²) >= 11 is 0. The summed E-state index contributed by atoms with van der Waals surface area (Å²) in [6, 6.07) is 2.16. The molecule has 0 fully saturated rings. The van der Waals surface area contributed by atoms with Crippen LogP contribution in [0.25, 0.3) is 11.6 Å². The lowest BCUT2D eigenvalue weighted by molar-refractivity contribution is -0.137. The van der Waals surface area contributed by atoms with Crippen LogP contribution in [0, 0.1) is 0 Å². The summed E-state index contributed by atoms with van der Waals surface area (Å²) < 4.78 is 42.7. The van der Waals surface area contributed by atoms with Crippen LogP contribution in [-0.4, -0.2) is 28.3 Å². The van der Waals surface area contributed by atoms with Gasteiger partial charge in [-0.05, 0) is 25.1 Å². The van der Waals surface area contributed by atoms with Gasteiger partial charge in [0.15, 0.2) is 0 Å². The fourth-order valence-electron chi connectivity index (χ4n) is 1.64. The Morgan fingerprint density at radius 3 is 2.62 bits per heavy atom. The van der Waals surface area contributed by atoms with E-state index in [0.29, 0.717) is 18.9 Å². The number of hydrogen-bond donors (Lipinski definition) is 1. The third-order valence-electron chi connectivity index (χ3n) is 2.72. The van der Waals surface area contributed by atoms with Crippen LogP contribution in [-0.2, 0) is 12.6 Å². The highest BCUT2D eigenvalue weighted by molar-refractivity contribution is 5.46. The van der Waals surface area contributed by atoms with Crippen molar-refractivity contribution in [2.75, 3.05) is 13.1 Å². The lowest BCUT2D eigenvalue weighted by Gasteiger charge is -2.05. The van der Waals surface area contributed by atoms with E-state index in [1.165, 1.54) is 6.07 Å². The molecule has 0 aromatic carbocycles. The van der Waals surface area contributed by atoms with Gasteiger partial charge >= 0.3 is 6.18 Å². The molecule has 0 radical (unpaired) electrons. The Hall–Kier alpha value is -1.96. The molecule has 5 nitrogen and oxygen atoms in total. The molecule has 114 valence electrons. The van der Waals surface area contributed by atoms with E-state index in [4.69, 9.17) is 4.42 Å².